The monoisotopic (exact) mass is 276 g/mol. The maximum absolute atomic E-state index is 12.2. The van der Waals surface area contributed by atoms with Gasteiger partial charge in [-0.15, -0.1) is 0 Å². The van der Waals surface area contributed by atoms with E-state index in [1.807, 2.05) is 36.1 Å². The Morgan fingerprint density at radius 2 is 2.10 bits per heavy atom. The van der Waals surface area contributed by atoms with E-state index < -0.39 is 0 Å². The Labute approximate surface area is 121 Å². The highest BCUT2D eigenvalue weighted by molar-refractivity contribution is 5.74. The number of nitrogens with one attached hydrogen (secondary N) is 1. The van der Waals surface area contributed by atoms with Crippen molar-refractivity contribution >= 4 is 6.03 Å². The number of nitrogens with zero attached hydrogens (tertiary/aromatic N) is 1. The molecule has 4 heteroatoms. The van der Waals surface area contributed by atoms with Crippen LogP contribution in [0.2, 0.25) is 0 Å². The number of hydrogen-bond donors (Lipinski definition) is 1. The van der Waals surface area contributed by atoms with Crippen molar-refractivity contribution in [2.45, 2.75) is 32.7 Å². The summed E-state index contributed by atoms with van der Waals surface area (Å²) in [7, 11) is 1.65. The number of carbonyl (C=O) groups is 1. The van der Waals surface area contributed by atoms with Gasteiger partial charge in [0.05, 0.1) is 13.2 Å². The van der Waals surface area contributed by atoms with Gasteiger partial charge < -0.3 is 15.0 Å². The molecule has 2 amide bonds. The predicted octanol–water partition coefficient (Wildman–Crippen LogP) is 3.20. The molecule has 110 valence electrons. The molecular weight excluding hydrogens is 252 g/mol. The van der Waals surface area contributed by atoms with E-state index in [-0.39, 0.29) is 12.1 Å². The molecule has 1 aliphatic heterocycles. The Kier molecular flexibility index (Phi) is 4.88. The van der Waals surface area contributed by atoms with Crippen molar-refractivity contribution < 1.29 is 9.53 Å². The van der Waals surface area contributed by atoms with Crippen LogP contribution in [0.5, 0.6) is 5.75 Å². The Morgan fingerprint density at radius 3 is 2.70 bits per heavy atom. The lowest BCUT2D eigenvalue weighted by molar-refractivity contribution is 0.167. The minimum absolute atomic E-state index is 0.00522. The molecule has 1 aliphatic rings. The third-order valence-corrected chi connectivity index (χ3v) is 3.90. The van der Waals surface area contributed by atoms with Crippen molar-refractivity contribution in [1.82, 2.24) is 10.2 Å². The van der Waals surface area contributed by atoms with Gasteiger partial charge in [-0.25, -0.2) is 4.79 Å². The first-order valence-corrected chi connectivity index (χ1v) is 7.29. The summed E-state index contributed by atoms with van der Waals surface area (Å²) >= 11 is 0. The molecule has 20 heavy (non-hydrogen) atoms. The number of rotatable bonds is 3. The first-order chi connectivity index (χ1) is 9.60. The third-order valence-electron chi connectivity index (χ3n) is 3.90. The summed E-state index contributed by atoms with van der Waals surface area (Å²) in [6.45, 7) is 5.94. The second-order valence-electron chi connectivity index (χ2n) is 5.64. The fourth-order valence-corrected chi connectivity index (χ4v) is 2.63. The summed E-state index contributed by atoms with van der Waals surface area (Å²) in [5, 5.41) is 3.07. The quantitative estimate of drug-likeness (QED) is 0.921. The van der Waals surface area contributed by atoms with Crippen LogP contribution in [-0.4, -0.2) is 31.1 Å². The average Bonchev–Trinajstić information content (AvgIpc) is 2.47. The van der Waals surface area contributed by atoms with Gasteiger partial charge in [-0.2, -0.15) is 0 Å². The minimum atomic E-state index is 0.00522. The number of benzene rings is 1. The van der Waals surface area contributed by atoms with Crippen molar-refractivity contribution in [2.75, 3.05) is 20.2 Å². The molecule has 2 unspecified atom stereocenters. The summed E-state index contributed by atoms with van der Waals surface area (Å²) in [4.78, 5) is 14.2. The number of urea groups is 1. The lowest BCUT2D eigenvalue weighted by Gasteiger charge is -2.32. The molecule has 1 aromatic rings. The van der Waals surface area contributed by atoms with E-state index in [0.717, 1.165) is 30.8 Å². The van der Waals surface area contributed by atoms with Gasteiger partial charge in [0.15, 0.2) is 0 Å². The van der Waals surface area contributed by atoms with E-state index in [9.17, 15) is 4.79 Å². The van der Waals surface area contributed by atoms with E-state index in [1.54, 1.807) is 7.11 Å². The molecule has 2 rings (SSSR count). The first kappa shape index (κ1) is 14.7. The normalized spacial score (nSPS) is 20.4. The highest BCUT2D eigenvalue weighted by Gasteiger charge is 2.22. The van der Waals surface area contributed by atoms with Gasteiger partial charge in [-0.1, -0.05) is 19.1 Å². The Hall–Kier alpha value is -1.71. The van der Waals surface area contributed by atoms with Gasteiger partial charge in [0.2, 0.25) is 0 Å². The number of amides is 2. The highest BCUT2D eigenvalue weighted by Crippen LogP contribution is 2.19. The maximum Gasteiger partial charge on any atom is 0.317 e. The van der Waals surface area contributed by atoms with E-state index in [4.69, 9.17) is 4.74 Å². The van der Waals surface area contributed by atoms with Gasteiger partial charge in [-0.05, 0) is 43.4 Å². The van der Waals surface area contributed by atoms with Crippen LogP contribution in [0.4, 0.5) is 4.79 Å². The van der Waals surface area contributed by atoms with Crippen LogP contribution in [0.3, 0.4) is 0 Å². The lowest BCUT2D eigenvalue weighted by Crippen LogP contribution is -2.45. The van der Waals surface area contributed by atoms with E-state index in [1.165, 1.54) is 6.42 Å². The molecule has 0 aliphatic carbocycles. The van der Waals surface area contributed by atoms with E-state index >= 15 is 0 Å². The molecular formula is C16H24N2O2. The van der Waals surface area contributed by atoms with Crippen LogP contribution < -0.4 is 10.1 Å². The fraction of sp³-hybridized carbons (Fsp3) is 0.562. The van der Waals surface area contributed by atoms with Crippen molar-refractivity contribution in [3.05, 3.63) is 29.8 Å². The molecule has 0 bridgehead atoms. The van der Waals surface area contributed by atoms with Crippen LogP contribution in [0.25, 0.3) is 0 Å². The summed E-state index contributed by atoms with van der Waals surface area (Å²) in [5.41, 5.74) is 1.09. The smallest absolute Gasteiger partial charge is 0.317 e. The van der Waals surface area contributed by atoms with Crippen LogP contribution >= 0.6 is 0 Å². The highest BCUT2D eigenvalue weighted by atomic mass is 16.5. The zero-order chi connectivity index (χ0) is 14.5. The van der Waals surface area contributed by atoms with Gasteiger partial charge in [0.25, 0.3) is 0 Å². The number of piperidine rings is 1. The van der Waals surface area contributed by atoms with Crippen molar-refractivity contribution in [3.8, 4) is 5.75 Å². The number of hydrogen-bond acceptors (Lipinski definition) is 2. The fourth-order valence-electron chi connectivity index (χ4n) is 2.63. The second-order valence-corrected chi connectivity index (χ2v) is 5.64. The number of ether oxygens (including phenoxy) is 1. The maximum atomic E-state index is 12.2. The van der Waals surface area contributed by atoms with Crippen molar-refractivity contribution in [1.29, 1.82) is 0 Å². The van der Waals surface area contributed by atoms with Gasteiger partial charge in [0.1, 0.15) is 5.75 Å². The Balaban J connectivity index is 1.92. The van der Waals surface area contributed by atoms with Crippen LogP contribution in [0.1, 0.15) is 38.3 Å². The van der Waals surface area contributed by atoms with Crippen LogP contribution in [0.15, 0.2) is 24.3 Å². The van der Waals surface area contributed by atoms with E-state index in [2.05, 4.69) is 12.2 Å². The van der Waals surface area contributed by atoms with Gasteiger partial charge >= 0.3 is 6.03 Å². The largest absolute Gasteiger partial charge is 0.497 e. The van der Waals surface area contributed by atoms with Gasteiger partial charge in [0, 0.05) is 13.1 Å². The van der Waals surface area contributed by atoms with Crippen LogP contribution in [-0.2, 0) is 0 Å². The minimum Gasteiger partial charge on any atom is -0.497 e. The first-order valence-electron chi connectivity index (χ1n) is 7.29. The zero-order valence-corrected chi connectivity index (χ0v) is 12.6. The molecule has 1 heterocycles. The average molecular weight is 276 g/mol. The topological polar surface area (TPSA) is 41.6 Å². The van der Waals surface area contributed by atoms with Gasteiger partial charge in [-0.3, -0.25) is 0 Å². The molecule has 1 saturated heterocycles. The van der Waals surface area contributed by atoms with Crippen LogP contribution in [0, 0.1) is 5.92 Å². The molecule has 0 spiro atoms. The SMILES string of the molecule is COc1ccc(C(C)NC(=O)N2CCCC(C)C2)cc1. The molecule has 0 saturated carbocycles. The standard InChI is InChI=1S/C16H24N2O2/c1-12-5-4-10-18(11-12)16(19)17-13(2)14-6-8-15(20-3)9-7-14/h6-9,12-13H,4-5,10-11H2,1-3H3,(H,17,19). The molecule has 0 radical (unpaired) electrons. The van der Waals surface area contributed by atoms with Crippen molar-refractivity contribution in [2.24, 2.45) is 5.92 Å². The van der Waals surface area contributed by atoms with E-state index in [0.29, 0.717) is 5.92 Å². The Bertz CT molecular complexity index is 444. The van der Waals surface area contributed by atoms with Crippen molar-refractivity contribution in [3.63, 3.8) is 0 Å². The number of methoxy groups -OCH3 is 1. The number of carbonyl (C=O) groups excluding carboxylic acids is 1. The number of likely N-dealkylation sites (tertiary alicyclic amines) is 1. The summed E-state index contributed by atoms with van der Waals surface area (Å²) in [6, 6.07) is 7.86. The molecule has 2 atom stereocenters. The summed E-state index contributed by atoms with van der Waals surface area (Å²) < 4.78 is 5.14. The third kappa shape index (κ3) is 3.65. The summed E-state index contributed by atoms with van der Waals surface area (Å²) in [6.07, 6.45) is 2.32. The zero-order valence-electron chi connectivity index (χ0n) is 12.6. The second kappa shape index (κ2) is 6.64. The molecule has 1 fully saturated rings. The lowest BCUT2D eigenvalue weighted by atomic mass is 10.0. The molecule has 4 nitrogen and oxygen atoms in total. The molecule has 1 aromatic carbocycles. The summed E-state index contributed by atoms with van der Waals surface area (Å²) in [5.74, 6) is 1.43. The Morgan fingerprint density at radius 1 is 1.40 bits per heavy atom. The molecule has 0 aromatic heterocycles. The predicted molar refractivity (Wildman–Crippen MR) is 79.9 cm³/mol. The molecule has 1 N–H and O–H groups in total.